The van der Waals surface area contributed by atoms with Crippen molar-refractivity contribution in [2.75, 3.05) is 10.6 Å². The lowest BCUT2D eigenvalue weighted by atomic mass is 10.0. The molecule has 0 spiro atoms. The number of benzene rings is 2. The minimum absolute atomic E-state index is 0.00100. The molecular formula is C18H15F2N3O3. The Morgan fingerprint density at radius 2 is 1.92 bits per heavy atom. The van der Waals surface area contributed by atoms with Crippen LogP contribution in [0.25, 0.3) is 0 Å². The number of amides is 1. The lowest BCUT2D eigenvalue weighted by Crippen LogP contribution is -2.19. The molecular weight excluding hydrogens is 344 g/mol. The summed E-state index contributed by atoms with van der Waals surface area (Å²) < 4.78 is 27.8. The van der Waals surface area contributed by atoms with Gasteiger partial charge in [-0.15, -0.1) is 0 Å². The Morgan fingerprint density at radius 3 is 2.62 bits per heavy atom. The van der Waals surface area contributed by atoms with Crippen LogP contribution in [0, 0.1) is 21.7 Å². The summed E-state index contributed by atoms with van der Waals surface area (Å²) in [6, 6.07) is 6.36. The van der Waals surface area contributed by atoms with Crippen molar-refractivity contribution in [1.29, 1.82) is 0 Å². The molecule has 134 valence electrons. The van der Waals surface area contributed by atoms with Crippen LogP contribution >= 0.6 is 0 Å². The van der Waals surface area contributed by atoms with E-state index in [9.17, 15) is 23.7 Å². The van der Waals surface area contributed by atoms with Crippen LogP contribution < -0.4 is 10.6 Å². The molecule has 26 heavy (non-hydrogen) atoms. The first-order valence-electron chi connectivity index (χ1n) is 8.25. The first-order chi connectivity index (χ1) is 12.4. The molecule has 8 heteroatoms. The van der Waals surface area contributed by atoms with Gasteiger partial charge in [0.05, 0.1) is 4.92 Å². The molecule has 1 amide bonds. The second-order valence-electron chi connectivity index (χ2n) is 6.56. The minimum atomic E-state index is -0.619. The molecule has 0 radical (unpaired) electrons. The lowest BCUT2D eigenvalue weighted by molar-refractivity contribution is -0.384. The SMILES string of the molecule is O=C1CCc2cc([N+](=O)[O-])c(N[C@@H]3C[C@H]3c3c(F)cccc3F)cc2N1. The number of fused-ring (bicyclic) bond motifs is 1. The molecule has 1 heterocycles. The van der Waals surface area contributed by atoms with Crippen LogP contribution in [0.15, 0.2) is 30.3 Å². The Kier molecular flexibility index (Phi) is 3.82. The van der Waals surface area contributed by atoms with Crippen LogP contribution in [0.1, 0.15) is 29.9 Å². The topological polar surface area (TPSA) is 84.3 Å². The zero-order chi connectivity index (χ0) is 18.4. The summed E-state index contributed by atoms with van der Waals surface area (Å²) in [5, 5.41) is 17.1. The highest BCUT2D eigenvalue weighted by molar-refractivity contribution is 5.95. The molecule has 1 fully saturated rings. The quantitative estimate of drug-likeness (QED) is 0.644. The maximum atomic E-state index is 13.9. The minimum Gasteiger partial charge on any atom is -0.376 e. The molecule has 4 rings (SSSR count). The normalized spacial score (nSPS) is 20.9. The number of nitro groups is 1. The highest BCUT2D eigenvalue weighted by atomic mass is 19.1. The molecule has 1 aliphatic carbocycles. The van der Waals surface area contributed by atoms with Crippen LogP contribution in [0.5, 0.6) is 0 Å². The molecule has 6 nitrogen and oxygen atoms in total. The second-order valence-corrected chi connectivity index (χ2v) is 6.56. The van der Waals surface area contributed by atoms with Crippen LogP contribution in [-0.4, -0.2) is 16.9 Å². The van der Waals surface area contributed by atoms with Gasteiger partial charge in [0.1, 0.15) is 17.3 Å². The van der Waals surface area contributed by atoms with Crippen LogP contribution in [0.3, 0.4) is 0 Å². The number of nitrogens with zero attached hydrogens (tertiary/aromatic N) is 1. The van der Waals surface area contributed by atoms with E-state index in [-0.39, 0.29) is 41.2 Å². The van der Waals surface area contributed by atoms with Gasteiger partial charge >= 0.3 is 0 Å². The van der Waals surface area contributed by atoms with Crippen molar-refractivity contribution in [2.24, 2.45) is 0 Å². The smallest absolute Gasteiger partial charge is 0.292 e. The fraction of sp³-hybridized carbons (Fsp3) is 0.278. The Balaban J connectivity index is 1.62. The third kappa shape index (κ3) is 2.87. The average molecular weight is 359 g/mol. The maximum absolute atomic E-state index is 13.9. The third-order valence-corrected chi connectivity index (χ3v) is 4.82. The number of carbonyl (C=O) groups is 1. The van der Waals surface area contributed by atoms with Crippen molar-refractivity contribution < 1.29 is 18.5 Å². The van der Waals surface area contributed by atoms with Gasteiger partial charge in [0, 0.05) is 35.7 Å². The third-order valence-electron chi connectivity index (χ3n) is 4.82. The summed E-state index contributed by atoms with van der Waals surface area (Å²) in [6.45, 7) is 0. The zero-order valence-corrected chi connectivity index (χ0v) is 13.6. The molecule has 2 aliphatic rings. The summed E-state index contributed by atoms with van der Waals surface area (Å²) in [6.07, 6.45) is 1.20. The van der Waals surface area contributed by atoms with Crippen molar-refractivity contribution in [3.63, 3.8) is 0 Å². The van der Waals surface area contributed by atoms with Crippen LogP contribution in [0.2, 0.25) is 0 Å². The molecule has 0 bridgehead atoms. The first-order valence-corrected chi connectivity index (χ1v) is 8.25. The summed E-state index contributed by atoms with van der Waals surface area (Å²) in [7, 11) is 0. The number of nitrogens with one attached hydrogen (secondary N) is 2. The monoisotopic (exact) mass is 359 g/mol. The number of halogens is 2. The van der Waals surface area contributed by atoms with Gasteiger partial charge in [0.2, 0.25) is 5.91 Å². The molecule has 2 N–H and O–H groups in total. The van der Waals surface area contributed by atoms with Gasteiger partial charge < -0.3 is 10.6 Å². The zero-order valence-electron chi connectivity index (χ0n) is 13.6. The number of nitro benzene ring substituents is 1. The summed E-state index contributed by atoms with van der Waals surface area (Å²) >= 11 is 0. The van der Waals surface area contributed by atoms with E-state index in [1.54, 1.807) is 0 Å². The van der Waals surface area contributed by atoms with E-state index in [0.29, 0.717) is 24.1 Å². The predicted molar refractivity (Wildman–Crippen MR) is 91.2 cm³/mol. The molecule has 0 saturated heterocycles. The predicted octanol–water partition coefficient (Wildman–Crippen LogP) is 3.73. The molecule has 0 aromatic heterocycles. The average Bonchev–Trinajstić information content (AvgIpc) is 3.32. The summed E-state index contributed by atoms with van der Waals surface area (Å²) in [5.41, 5.74) is 1.36. The van der Waals surface area contributed by atoms with Crippen molar-refractivity contribution in [2.45, 2.75) is 31.2 Å². The fourth-order valence-electron chi connectivity index (χ4n) is 3.42. The first kappa shape index (κ1) is 16.4. The van der Waals surface area contributed by atoms with Crippen LogP contribution in [0.4, 0.5) is 25.8 Å². The number of hydrogen-bond acceptors (Lipinski definition) is 4. The van der Waals surface area contributed by atoms with Gasteiger partial charge in [-0.2, -0.15) is 0 Å². The maximum Gasteiger partial charge on any atom is 0.292 e. The van der Waals surface area contributed by atoms with E-state index >= 15 is 0 Å². The number of hydrogen-bond donors (Lipinski definition) is 2. The van der Waals surface area contributed by atoms with Crippen molar-refractivity contribution in [3.8, 4) is 0 Å². The molecule has 1 saturated carbocycles. The fourth-order valence-corrected chi connectivity index (χ4v) is 3.42. The van der Waals surface area contributed by atoms with Crippen molar-refractivity contribution in [3.05, 3.63) is 63.2 Å². The molecule has 1 aliphatic heterocycles. The van der Waals surface area contributed by atoms with E-state index in [0.717, 1.165) is 0 Å². The Morgan fingerprint density at radius 1 is 1.19 bits per heavy atom. The van der Waals surface area contributed by atoms with Crippen molar-refractivity contribution in [1.82, 2.24) is 0 Å². The Labute approximate surface area is 147 Å². The van der Waals surface area contributed by atoms with Gasteiger partial charge in [-0.3, -0.25) is 14.9 Å². The van der Waals surface area contributed by atoms with E-state index in [2.05, 4.69) is 10.6 Å². The molecule has 0 unspecified atom stereocenters. The van der Waals surface area contributed by atoms with Gasteiger partial charge in [-0.25, -0.2) is 8.78 Å². The van der Waals surface area contributed by atoms with E-state index < -0.39 is 16.6 Å². The second kappa shape index (κ2) is 6.05. The van der Waals surface area contributed by atoms with E-state index in [4.69, 9.17) is 0 Å². The number of rotatable bonds is 4. The highest BCUT2D eigenvalue weighted by Crippen LogP contribution is 2.46. The Bertz CT molecular complexity index is 912. The largest absolute Gasteiger partial charge is 0.376 e. The number of aryl methyl sites for hydroxylation is 1. The molecule has 2 aromatic carbocycles. The van der Waals surface area contributed by atoms with E-state index in [1.165, 1.54) is 30.3 Å². The standard InChI is InChI=1S/C18H15F2N3O3/c19-11-2-1-3-12(20)18(11)10-7-14(10)21-15-8-13-9(4-5-17(24)22-13)6-16(15)23(25)26/h1-3,6,8,10,14,21H,4-5,7H2,(H,22,24)/t10-,14-/m1/s1. The van der Waals surface area contributed by atoms with Gasteiger partial charge in [-0.05, 0) is 36.6 Å². The summed E-state index contributed by atoms with van der Waals surface area (Å²) in [5.74, 6) is -1.77. The van der Waals surface area contributed by atoms with Gasteiger partial charge in [-0.1, -0.05) is 6.07 Å². The van der Waals surface area contributed by atoms with Gasteiger partial charge in [0.15, 0.2) is 0 Å². The Hall–Kier alpha value is -3.03. The molecule has 2 aromatic rings. The van der Waals surface area contributed by atoms with Gasteiger partial charge in [0.25, 0.3) is 5.69 Å². The van der Waals surface area contributed by atoms with Crippen molar-refractivity contribution >= 4 is 23.0 Å². The lowest BCUT2D eigenvalue weighted by Gasteiger charge is -2.18. The summed E-state index contributed by atoms with van der Waals surface area (Å²) in [4.78, 5) is 22.4. The number of anilines is 2. The highest BCUT2D eigenvalue weighted by Gasteiger charge is 2.42. The molecule has 2 atom stereocenters. The van der Waals surface area contributed by atoms with E-state index in [1.807, 2.05) is 0 Å². The number of carbonyl (C=O) groups excluding carboxylic acids is 1. The van der Waals surface area contributed by atoms with Crippen LogP contribution in [-0.2, 0) is 11.2 Å².